The number of nitrogens with one attached hydrogen (secondary N) is 2. The van der Waals surface area contributed by atoms with Crippen LogP contribution in [0.2, 0.25) is 0 Å². The van der Waals surface area contributed by atoms with E-state index >= 15 is 0 Å². The lowest BCUT2D eigenvalue weighted by atomic mass is 10.2. The Morgan fingerprint density at radius 1 is 1.09 bits per heavy atom. The minimum Gasteiger partial charge on any atom is -0.434 e. The van der Waals surface area contributed by atoms with Crippen LogP contribution in [0, 0.1) is 0 Å². The van der Waals surface area contributed by atoms with E-state index < -0.39 is 35.5 Å². The fourth-order valence-corrected chi connectivity index (χ4v) is 2.48. The predicted molar refractivity (Wildman–Crippen MR) is 114 cm³/mol. The van der Waals surface area contributed by atoms with Gasteiger partial charge in [0.05, 0.1) is 19.9 Å². The molecule has 13 nitrogen and oxygen atoms in total. The van der Waals surface area contributed by atoms with Gasteiger partial charge in [-0.1, -0.05) is 0 Å². The van der Waals surface area contributed by atoms with Gasteiger partial charge >= 0.3 is 12.3 Å². The zero-order valence-electron chi connectivity index (χ0n) is 19.1. The second kappa shape index (κ2) is 9.94. The number of carbonyl (C=O) groups excluding carboxylic acids is 2. The Balaban J connectivity index is 2.01. The lowest BCUT2D eigenvalue weighted by Crippen LogP contribution is -2.42. The van der Waals surface area contributed by atoms with Crippen molar-refractivity contribution in [2.75, 3.05) is 35.8 Å². The van der Waals surface area contributed by atoms with Crippen molar-refractivity contribution >= 4 is 29.8 Å². The summed E-state index contributed by atoms with van der Waals surface area (Å²) in [6.45, 7) is 10.4. The van der Waals surface area contributed by atoms with Crippen LogP contribution in [0.1, 0.15) is 48.0 Å². The zero-order chi connectivity index (χ0) is 24.1. The summed E-state index contributed by atoms with van der Waals surface area (Å²) in [5, 5.41) is 2.85. The Hall–Kier alpha value is -3.22. The van der Waals surface area contributed by atoms with Gasteiger partial charge in [0.25, 0.3) is 12.0 Å². The minimum absolute atomic E-state index is 0.0216. The fraction of sp³-hybridized carbons (Fsp3) is 0.684. The average molecular weight is 457 g/mol. The highest BCUT2D eigenvalue weighted by Crippen LogP contribution is 2.28. The first-order valence-corrected chi connectivity index (χ1v) is 10.0. The fourth-order valence-electron chi connectivity index (χ4n) is 2.48. The lowest BCUT2D eigenvalue weighted by Gasteiger charge is -2.28. The highest BCUT2D eigenvalue weighted by atomic mass is 16.8. The van der Waals surface area contributed by atoms with E-state index in [1.807, 2.05) is 0 Å². The largest absolute Gasteiger partial charge is 0.512 e. The van der Waals surface area contributed by atoms with E-state index in [1.54, 1.807) is 41.5 Å². The van der Waals surface area contributed by atoms with Crippen LogP contribution in [0.5, 0.6) is 0 Å². The summed E-state index contributed by atoms with van der Waals surface area (Å²) in [4.78, 5) is 43.8. The van der Waals surface area contributed by atoms with Crippen LogP contribution < -0.4 is 21.5 Å². The number of hydrogen-bond acceptors (Lipinski definition) is 12. The molecule has 1 aromatic heterocycles. The topological polar surface area (TPSA) is 167 Å². The summed E-state index contributed by atoms with van der Waals surface area (Å²) in [6.07, 6.45) is -2.77. The maximum Gasteiger partial charge on any atom is 0.512 e. The van der Waals surface area contributed by atoms with Crippen LogP contribution in [-0.2, 0) is 23.7 Å². The number of rotatable bonds is 7. The van der Waals surface area contributed by atoms with Crippen molar-refractivity contribution in [1.29, 1.82) is 0 Å². The van der Waals surface area contributed by atoms with E-state index in [9.17, 15) is 14.4 Å². The van der Waals surface area contributed by atoms with Crippen molar-refractivity contribution in [2.45, 2.75) is 65.6 Å². The Morgan fingerprint density at radius 3 is 2.34 bits per heavy atom. The third kappa shape index (κ3) is 7.80. The molecule has 0 radical (unpaired) electrons. The number of fused-ring (bicyclic) bond motifs is 1. The first-order chi connectivity index (χ1) is 14.7. The first kappa shape index (κ1) is 25.0. The Labute approximate surface area is 185 Å². The van der Waals surface area contributed by atoms with Crippen molar-refractivity contribution < 1.29 is 33.3 Å². The molecule has 4 N–H and O–H groups in total. The van der Waals surface area contributed by atoms with E-state index in [0.29, 0.717) is 0 Å². The highest BCUT2D eigenvalue weighted by Gasteiger charge is 2.34. The zero-order valence-corrected chi connectivity index (χ0v) is 19.1. The normalized spacial score (nSPS) is 14.2. The molecule has 0 saturated heterocycles. The van der Waals surface area contributed by atoms with Gasteiger partial charge in [-0.25, -0.2) is 9.59 Å². The van der Waals surface area contributed by atoms with Gasteiger partial charge in [0.1, 0.15) is 16.9 Å². The monoisotopic (exact) mass is 457 g/mol. The van der Waals surface area contributed by atoms with Crippen molar-refractivity contribution in [2.24, 2.45) is 0 Å². The summed E-state index contributed by atoms with van der Waals surface area (Å²) in [6, 6.07) is 0. The van der Waals surface area contributed by atoms with Gasteiger partial charge < -0.3 is 34.7 Å². The molecule has 1 aliphatic heterocycles. The molecular formula is C19H31N5O8. The molecule has 180 valence electrons. The number of aromatic nitrogens is 2. The van der Waals surface area contributed by atoms with Gasteiger partial charge in [-0.3, -0.25) is 14.7 Å². The average Bonchev–Trinajstić information content (AvgIpc) is 3.01. The first-order valence-electron chi connectivity index (χ1n) is 10.0. The van der Waals surface area contributed by atoms with Gasteiger partial charge in [0, 0.05) is 6.42 Å². The number of H-pyrrole nitrogens is 1. The van der Waals surface area contributed by atoms with E-state index in [4.69, 9.17) is 29.4 Å². The summed E-state index contributed by atoms with van der Waals surface area (Å²) < 4.78 is 26.2. The van der Waals surface area contributed by atoms with Gasteiger partial charge in [-0.05, 0) is 41.5 Å². The summed E-state index contributed by atoms with van der Waals surface area (Å²) >= 11 is 0. The number of nitrogens with two attached hydrogens (primary N) is 1. The van der Waals surface area contributed by atoms with E-state index in [1.165, 1.54) is 4.90 Å². The van der Waals surface area contributed by atoms with Gasteiger partial charge in [-0.2, -0.15) is 4.98 Å². The number of aromatic amines is 1. The lowest BCUT2D eigenvalue weighted by molar-refractivity contribution is -0.134. The van der Waals surface area contributed by atoms with Crippen molar-refractivity contribution in [3.05, 3.63) is 10.4 Å². The molecule has 2 rings (SSSR count). The number of ether oxygens (including phenoxy) is 5. The molecule has 1 atom stereocenters. The Kier molecular flexibility index (Phi) is 7.78. The summed E-state index contributed by atoms with van der Waals surface area (Å²) in [7, 11) is 0. The quantitative estimate of drug-likeness (QED) is 0.310. The van der Waals surface area contributed by atoms with Gasteiger partial charge in [0.2, 0.25) is 5.95 Å². The van der Waals surface area contributed by atoms with Crippen LogP contribution in [-0.4, -0.2) is 59.8 Å². The number of nitrogen functional groups attached to an aromatic ring is 1. The second-order valence-electron chi connectivity index (χ2n) is 8.88. The number of nitrogens with zero attached hydrogens (tertiary/aromatic N) is 2. The smallest absolute Gasteiger partial charge is 0.434 e. The molecule has 0 amide bonds. The molecule has 1 aliphatic rings. The number of anilines is 3. The third-order valence-corrected chi connectivity index (χ3v) is 3.62. The maximum atomic E-state index is 12.2. The van der Waals surface area contributed by atoms with Crippen LogP contribution in [0.25, 0.3) is 0 Å². The molecule has 0 aromatic carbocycles. The standard InChI is InChI=1S/C19H31N5O8/c1-18(2,3)31-16(26)29-9-7-8-28-15(30-17(27)32-19(4,5)6)24-10-21-11-12(24)22-14(20)23-13(11)25/h15,21H,7-10H2,1-6H3,(H3,20,22,23,25). The Bertz CT molecular complexity index is 874. The maximum absolute atomic E-state index is 12.2. The molecule has 32 heavy (non-hydrogen) atoms. The van der Waals surface area contributed by atoms with Gasteiger partial charge in [-0.15, -0.1) is 0 Å². The third-order valence-electron chi connectivity index (χ3n) is 3.62. The molecule has 1 unspecified atom stereocenters. The molecule has 0 bridgehead atoms. The highest BCUT2D eigenvalue weighted by molar-refractivity contribution is 5.71. The molecule has 0 spiro atoms. The molecule has 13 heteroatoms. The molecular weight excluding hydrogens is 426 g/mol. The SMILES string of the molecule is CC(C)(C)OC(=O)OCCCOC(OC(=O)OC(C)(C)C)N1CNc2c1nc(N)[nH]c2=O. The summed E-state index contributed by atoms with van der Waals surface area (Å²) in [5.74, 6) is 0.0500. The molecule has 1 aromatic rings. The van der Waals surface area contributed by atoms with E-state index in [-0.39, 0.29) is 43.8 Å². The van der Waals surface area contributed by atoms with Crippen LogP contribution >= 0.6 is 0 Å². The van der Waals surface area contributed by atoms with E-state index in [2.05, 4.69) is 15.3 Å². The summed E-state index contributed by atoms with van der Waals surface area (Å²) in [5.41, 5.74) is 3.87. The second-order valence-corrected chi connectivity index (χ2v) is 8.88. The van der Waals surface area contributed by atoms with Crippen molar-refractivity contribution in [3.8, 4) is 0 Å². The Morgan fingerprint density at radius 2 is 1.72 bits per heavy atom. The van der Waals surface area contributed by atoms with Crippen molar-refractivity contribution in [1.82, 2.24) is 9.97 Å². The molecule has 2 heterocycles. The molecule has 0 fully saturated rings. The van der Waals surface area contributed by atoms with Gasteiger partial charge in [0.15, 0.2) is 5.82 Å². The predicted octanol–water partition coefficient (Wildman–Crippen LogP) is 2.14. The van der Waals surface area contributed by atoms with Crippen LogP contribution in [0.3, 0.4) is 0 Å². The number of hydrogen-bond donors (Lipinski definition) is 3. The van der Waals surface area contributed by atoms with Crippen molar-refractivity contribution in [3.63, 3.8) is 0 Å². The van der Waals surface area contributed by atoms with Crippen LogP contribution in [0.4, 0.5) is 27.0 Å². The number of carbonyl (C=O) groups is 2. The molecule has 0 aliphatic carbocycles. The molecule has 0 saturated carbocycles. The van der Waals surface area contributed by atoms with E-state index in [0.717, 1.165) is 0 Å². The van der Waals surface area contributed by atoms with Crippen LogP contribution in [0.15, 0.2) is 4.79 Å². The minimum atomic E-state index is -1.28.